The SMILES string of the molecule is Fc1ccc(CC2(CNC3CC3)CCCC2)cc1Cl. The van der Waals surface area contributed by atoms with Crippen molar-refractivity contribution in [2.24, 2.45) is 5.41 Å². The highest BCUT2D eigenvalue weighted by Gasteiger charge is 2.35. The van der Waals surface area contributed by atoms with Crippen LogP contribution in [0.1, 0.15) is 44.1 Å². The molecule has 104 valence electrons. The molecule has 0 saturated heterocycles. The van der Waals surface area contributed by atoms with Crippen molar-refractivity contribution in [1.82, 2.24) is 5.32 Å². The summed E-state index contributed by atoms with van der Waals surface area (Å²) in [5, 5.41) is 3.93. The van der Waals surface area contributed by atoms with Gasteiger partial charge in [0.2, 0.25) is 0 Å². The molecule has 0 amide bonds. The van der Waals surface area contributed by atoms with Gasteiger partial charge < -0.3 is 5.32 Å². The molecule has 3 heteroatoms. The highest BCUT2D eigenvalue weighted by Crippen LogP contribution is 2.41. The van der Waals surface area contributed by atoms with Crippen LogP contribution in [0.5, 0.6) is 0 Å². The lowest BCUT2D eigenvalue weighted by atomic mass is 9.80. The van der Waals surface area contributed by atoms with Gasteiger partial charge in [-0.15, -0.1) is 0 Å². The van der Waals surface area contributed by atoms with Gasteiger partial charge in [-0.3, -0.25) is 0 Å². The van der Waals surface area contributed by atoms with Gasteiger partial charge in [0.05, 0.1) is 5.02 Å². The predicted molar refractivity (Wildman–Crippen MR) is 77.0 cm³/mol. The number of hydrogen-bond donors (Lipinski definition) is 1. The van der Waals surface area contributed by atoms with Crippen molar-refractivity contribution in [3.8, 4) is 0 Å². The van der Waals surface area contributed by atoms with Gasteiger partial charge in [-0.25, -0.2) is 4.39 Å². The van der Waals surface area contributed by atoms with Crippen LogP contribution in [0.15, 0.2) is 18.2 Å². The maximum atomic E-state index is 13.2. The molecule has 0 heterocycles. The third-order valence-electron chi connectivity index (χ3n) is 4.57. The zero-order valence-corrected chi connectivity index (χ0v) is 12.0. The van der Waals surface area contributed by atoms with Crippen molar-refractivity contribution < 1.29 is 4.39 Å². The Balaban J connectivity index is 1.70. The Morgan fingerprint density at radius 2 is 2.00 bits per heavy atom. The molecule has 0 bridgehead atoms. The largest absolute Gasteiger partial charge is 0.313 e. The molecular formula is C16H21ClFN. The minimum absolute atomic E-state index is 0.251. The second-order valence-corrected chi connectivity index (χ2v) is 6.69. The molecule has 0 unspecified atom stereocenters. The van der Waals surface area contributed by atoms with E-state index in [0.717, 1.165) is 19.0 Å². The first-order valence-electron chi connectivity index (χ1n) is 7.34. The lowest BCUT2D eigenvalue weighted by Gasteiger charge is -2.30. The Morgan fingerprint density at radius 3 is 2.63 bits per heavy atom. The molecule has 0 aliphatic heterocycles. The topological polar surface area (TPSA) is 12.0 Å². The second-order valence-electron chi connectivity index (χ2n) is 6.29. The number of halogens is 2. The normalized spacial score (nSPS) is 21.8. The first-order chi connectivity index (χ1) is 9.17. The molecule has 1 aromatic carbocycles. The standard InChI is InChI=1S/C16H21ClFN/c17-14-9-12(3-6-15(14)18)10-16(7-1-2-8-16)11-19-13-4-5-13/h3,6,9,13,19H,1-2,4-5,7-8,10-11H2. The lowest BCUT2D eigenvalue weighted by molar-refractivity contribution is 0.276. The van der Waals surface area contributed by atoms with E-state index in [1.54, 1.807) is 6.07 Å². The summed E-state index contributed by atoms with van der Waals surface area (Å²) in [7, 11) is 0. The fraction of sp³-hybridized carbons (Fsp3) is 0.625. The zero-order valence-electron chi connectivity index (χ0n) is 11.2. The minimum Gasteiger partial charge on any atom is -0.313 e. The third kappa shape index (κ3) is 3.29. The van der Waals surface area contributed by atoms with Crippen molar-refractivity contribution in [1.29, 1.82) is 0 Å². The van der Waals surface area contributed by atoms with Gasteiger partial charge in [0.1, 0.15) is 5.82 Å². The molecule has 0 aromatic heterocycles. The van der Waals surface area contributed by atoms with Crippen molar-refractivity contribution in [3.05, 3.63) is 34.6 Å². The summed E-state index contributed by atoms with van der Waals surface area (Å²) in [6.07, 6.45) is 8.88. The van der Waals surface area contributed by atoms with Crippen molar-refractivity contribution >= 4 is 11.6 Å². The number of hydrogen-bond acceptors (Lipinski definition) is 1. The second kappa shape index (κ2) is 5.41. The third-order valence-corrected chi connectivity index (χ3v) is 4.86. The Kier molecular flexibility index (Phi) is 3.81. The first-order valence-corrected chi connectivity index (χ1v) is 7.72. The molecule has 2 aliphatic rings. The van der Waals surface area contributed by atoms with Crippen LogP contribution < -0.4 is 5.32 Å². The summed E-state index contributed by atoms with van der Waals surface area (Å²) < 4.78 is 13.2. The van der Waals surface area contributed by atoms with Crippen LogP contribution in [0.3, 0.4) is 0 Å². The first kappa shape index (κ1) is 13.4. The molecule has 2 fully saturated rings. The Bertz CT molecular complexity index is 450. The summed E-state index contributed by atoms with van der Waals surface area (Å²) in [5.74, 6) is -0.318. The van der Waals surface area contributed by atoms with E-state index in [9.17, 15) is 4.39 Å². The van der Waals surface area contributed by atoms with Gasteiger partial charge in [-0.05, 0) is 55.2 Å². The zero-order chi connectivity index (χ0) is 13.3. The molecule has 19 heavy (non-hydrogen) atoms. The van der Waals surface area contributed by atoms with Gasteiger partial charge in [-0.2, -0.15) is 0 Å². The molecular weight excluding hydrogens is 261 g/mol. The summed E-state index contributed by atoms with van der Waals surface area (Å²) in [5.41, 5.74) is 1.54. The average Bonchev–Trinajstić information content (AvgIpc) is 3.12. The number of benzene rings is 1. The molecule has 2 saturated carbocycles. The number of rotatable bonds is 5. The van der Waals surface area contributed by atoms with Crippen LogP contribution in [0.4, 0.5) is 4.39 Å². The van der Waals surface area contributed by atoms with E-state index in [0.29, 0.717) is 5.41 Å². The summed E-state index contributed by atoms with van der Waals surface area (Å²) in [6, 6.07) is 5.94. The van der Waals surface area contributed by atoms with Gasteiger partial charge in [0, 0.05) is 12.6 Å². The van der Waals surface area contributed by atoms with Gasteiger partial charge in [0.25, 0.3) is 0 Å². The van der Waals surface area contributed by atoms with Crippen LogP contribution in [0.2, 0.25) is 5.02 Å². The number of nitrogens with one attached hydrogen (secondary N) is 1. The lowest BCUT2D eigenvalue weighted by Crippen LogP contribution is -2.35. The van der Waals surface area contributed by atoms with Crippen molar-refractivity contribution in [2.45, 2.75) is 51.0 Å². The van der Waals surface area contributed by atoms with E-state index in [2.05, 4.69) is 5.32 Å². The molecule has 1 N–H and O–H groups in total. The van der Waals surface area contributed by atoms with Crippen LogP contribution >= 0.6 is 11.6 Å². The highest BCUT2D eigenvalue weighted by molar-refractivity contribution is 6.30. The monoisotopic (exact) mass is 281 g/mol. The van der Waals surface area contributed by atoms with E-state index in [-0.39, 0.29) is 10.8 Å². The molecule has 0 spiro atoms. The quantitative estimate of drug-likeness (QED) is 0.847. The van der Waals surface area contributed by atoms with E-state index < -0.39 is 0 Å². The van der Waals surface area contributed by atoms with Gasteiger partial charge in [0.15, 0.2) is 0 Å². The molecule has 0 atom stereocenters. The van der Waals surface area contributed by atoms with Crippen LogP contribution in [-0.2, 0) is 6.42 Å². The predicted octanol–water partition coefficient (Wildman–Crippen LogP) is 4.33. The van der Waals surface area contributed by atoms with E-state index in [1.165, 1.54) is 50.2 Å². The molecule has 3 rings (SSSR count). The maximum Gasteiger partial charge on any atom is 0.141 e. The Hall–Kier alpha value is -0.600. The van der Waals surface area contributed by atoms with E-state index in [4.69, 9.17) is 11.6 Å². The minimum atomic E-state index is -0.318. The molecule has 0 radical (unpaired) electrons. The molecule has 2 aliphatic carbocycles. The molecule has 1 nitrogen and oxygen atoms in total. The summed E-state index contributed by atoms with van der Waals surface area (Å²) in [6.45, 7) is 1.10. The van der Waals surface area contributed by atoms with Crippen molar-refractivity contribution in [3.63, 3.8) is 0 Å². The maximum absolute atomic E-state index is 13.2. The molecule has 1 aromatic rings. The fourth-order valence-electron chi connectivity index (χ4n) is 3.27. The van der Waals surface area contributed by atoms with Gasteiger partial charge in [-0.1, -0.05) is 30.5 Å². The highest BCUT2D eigenvalue weighted by atomic mass is 35.5. The van der Waals surface area contributed by atoms with Crippen molar-refractivity contribution in [2.75, 3.05) is 6.54 Å². The van der Waals surface area contributed by atoms with E-state index >= 15 is 0 Å². The smallest absolute Gasteiger partial charge is 0.141 e. The summed E-state index contributed by atoms with van der Waals surface area (Å²) >= 11 is 5.89. The Morgan fingerprint density at radius 1 is 1.26 bits per heavy atom. The van der Waals surface area contributed by atoms with Gasteiger partial charge >= 0.3 is 0 Å². The van der Waals surface area contributed by atoms with E-state index in [1.807, 2.05) is 6.07 Å². The van der Waals surface area contributed by atoms with Crippen LogP contribution in [0.25, 0.3) is 0 Å². The Labute approximate surface area is 119 Å². The van der Waals surface area contributed by atoms with Crippen LogP contribution in [-0.4, -0.2) is 12.6 Å². The fourth-order valence-corrected chi connectivity index (χ4v) is 3.48. The average molecular weight is 282 g/mol. The summed E-state index contributed by atoms with van der Waals surface area (Å²) in [4.78, 5) is 0. The van der Waals surface area contributed by atoms with Crippen LogP contribution in [0, 0.1) is 11.2 Å².